The molecule has 0 aliphatic carbocycles. The second-order valence-corrected chi connectivity index (χ2v) is 8.94. The van der Waals surface area contributed by atoms with Gasteiger partial charge < -0.3 is 23.7 Å². The Labute approximate surface area is 212 Å². The summed E-state index contributed by atoms with van der Waals surface area (Å²) < 4.78 is 17.9. The molecule has 0 spiro atoms. The molecular formula is C29H36N2O5. The summed E-state index contributed by atoms with van der Waals surface area (Å²) in [6.45, 7) is 12.3. The van der Waals surface area contributed by atoms with E-state index in [-0.39, 0.29) is 17.1 Å². The van der Waals surface area contributed by atoms with Gasteiger partial charge in [0.1, 0.15) is 5.58 Å². The van der Waals surface area contributed by atoms with Gasteiger partial charge in [0.25, 0.3) is 5.91 Å². The molecule has 1 aliphatic rings. The molecule has 4 rings (SSSR count). The predicted octanol–water partition coefficient (Wildman–Crippen LogP) is 5.26. The summed E-state index contributed by atoms with van der Waals surface area (Å²) in [5, 5.41) is 0.476. The van der Waals surface area contributed by atoms with Crippen molar-refractivity contribution in [2.45, 2.75) is 46.6 Å². The minimum Gasteiger partial charge on any atom is -0.490 e. The van der Waals surface area contributed by atoms with E-state index in [1.165, 1.54) is 0 Å². The van der Waals surface area contributed by atoms with Crippen molar-refractivity contribution in [3.8, 4) is 11.5 Å². The summed E-state index contributed by atoms with van der Waals surface area (Å²) >= 11 is 0. The van der Waals surface area contributed by atoms with Crippen LogP contribution in [0.1, 0.15) is 68.3 Å². The van der Waals surface area contributed by atoms with Crippen LogP contribution in [0.5, 0.6) is 11.5 Å². The lowest BCUT2D eigenvalue weighted by atomic mass is 9.98. The van der Waals surface area contributed by atoms with Crippen LogP contribution in [0.4, 0.5) is 0 Å². The highest BCUT2D eigenvalue weighted by Crippen LogP contribution is 2.41. The number of carbonyl (C=O) groups is 1. The quantitative estimate of drug-likeness (QED) is 0.321. The molecule has 0 radical (unpaired) electrons. The van der Waals surface area contributed by atoms with E-state index >= 15 is 0 Å². The standard InChI is InChI=1S/C29H36N2O5/c1-5-9-18-35-23-15-14-20(19-24(23)34-8-4)26-25-27(32)21-12-10-11-13-22(21)36-28(25)29(33)31(26)17-16-30(6-2)7-3/h10-15,19,26H,5-9,16-18H2,1-4H3. The van der Waals surface area contributed by atoms with E-state index in [9.17, 15) is 9.59 Å². The number of nitrogens with zero attached hydrogens (tertiary/aromatic N) is 2. The number of hydrogen-bond donors (Lipinski definition) is 0. The van der Waals surface area contributed by atoms with E-state index in [1.54, 1.807) is 23.1 Å². The molecule has 36 heavy (non-hydrogen) atoms. The van der Waals surface area contributed by atoms with Gasteiger partial charge in [-0.3, -0.25) is 9.59 Å². The minimum atomic E-state index is -0.562. The molecule has 0 N–H and O–H groups in total. The first-order valence-corrected chi connectivity index (χ1v) is 13.0. The maximum Gasteiger partial charge on any atom is 0.290 e. The maximum atomic E-state index is 13.7. The first-order chi connectivity index (χ1) is 17.5. The first-order valence-electron chi connectivity index (χ1n) is 13.0. The van der Waals surface area contributed by atoms with Gasteiger partial charge in [-0.1, -0.05) is 45.4 Å². The number of hydrogen-bond acceptors (Lipinski definition) is 6. The van der Waals surface area contributed by atoms with E-state index < -0.39 is 6.04 Å². The molecule has 0 bridgehead atoms. The maximum absolute atomic E-state index is 13.7. The van der Waals surface area contributed by atoms with Gasteiger partial charge in [0.2, 0.25) is 5.76 Å². The third-order valence-electron chi connectivity index (χ3n) is 6.76. The lowest BCUT2D eigenvalue weighted by molar-refractivity contribution is 0.0708. The molecule has 3 aromatic rings. The minimum absolute atomic E-state index is 0.129. The van der Waals surface area contributed by atoms with Gasteiger partial charge in [0.05, 0.1) is 30.2 Å². The van der Waals surface area contributed by atoms with Crippen molar-refractivity contribution >= 4 is 16.9 Å². The van der Waals surface area contributed by atoms with E-state index in [2.05, 4.69) is 25.7 Å². The topological polar surface area (TPSA) is 72.2 Å². The molecule has 1 amide bonds. The molecule has 0 saturated heterocycles. The molecule has 192 valence electrons. The number of fused-ring (bicyclic) bond motifs is 2. The lowest BCUT2D eigenvalue weighted by Gasteiger charge is -2.28. The number of benzene rings is 2. The Morgan fingerprint density at radius 1 is 0.972 bits per heavy atom. The Morgan fingerprint density at radius 3 is 2.47 bits per heavy atom. The third-order valence-corrected chi connectivity index (χ3v) is 6.76. The van der Waals surface area contributed by atoms with Crippen molar-refractivity contribution in [3.63, 3.8) is 0 Å². The SMILES string of the molecule is CCCCOc1ccc(C2c3c(oc4ccccc4c3=O)C(=O)N2CCN(CC)CC)cc1OCC. The van der Waals surface area contributed by atoms with Gasteiger partial charge in [0.15, 0.2) is 16.9 Å². The summed E-state index contributed by atoms with van der Waals surface area (Å²) in [7, 11) is 0. The Hall–Kier alpha value is -3.32. The van der Waals surface area contributed by atoms with Gasteiger partial charge in [-0.05, 0) is 56.3 Å². The largest absolute Gasteiger partial charge is 0.490 e. The fourth-order valence-electron chi connectivity index (χ4n) is 4.74. The number of unbranched alkanes of at least 4 members (excludes halogenated alkanes) is 1. The average molecular weight is 493 g/mol. The molecule has 1 unspecified atom stereocenters. The zero-order valence-corrected chi connectivity index (χ0v) is 21.7. The summed E-state index contributed by atoms with van der Waals surface area (Å²) in [4.78, 5) is 31.3. The molecular weight excluding hydrogens is 456 g/mol. The summed E-state index contributed by atoms with van der Waals surface area (Å²) in [5.41, 5.74) is 1.45. The van der Waals surface area contributed by atoms with E-state index in [1.807, 2.05) is 31.2 Å². The number of amides is 1. The fourth-order valence-corrected chi connectivity index (χ4v) is 4.74. The number of para-hydroxylation sites is 1. The number of likely N-dealkylation sites (N-methyl/N-ethyl adjacent to an activating group) is 1. The average Bonchev–Trinajstić information content (AvgIpc) is 3.17. The monoisotopic (exact) mass is 492 g/mol. The van der Waals surface area contributed by atoms with Crippen molar-refractivity contribution in [2.75, 3.05) is 39.4 Å². The van der Waals surface area contributed by atoms with Crippen LogP contribution in [0.25, 0.3) is 11.0 Å². The zero-order valence-electron chi connectivity index (χ0n) is 21.7. The molecule has 2 heterocycles. The number of rotatable bonds is 12. The van der Waals surface area contributed by atoms with E-state index in [4.69, 9.17) is 13.9 Å². The molecule has 7 heteroatoms. The fraction of sp³-hybridized carbons (Fsp3) is 0.448. The highest BCUT2D eigenvalue weighted by Gasteiger charge is 2.42. The molecule has 1 atom stereocenters. The normalized spacial score (nSPS) is 15.1. The van der Waals surface area contributed by atoms with E-state index in [0.29, 0.717) is 54.3 Å². The van der Waals surface area contributed by atoms with Crippen LogP contribution < -0.4 is 14.9 Å². The highest BCUT2D eigenvalue weighted by molar-refractivity contribution is 5.99. The van der Waals surface area contributed by atoms with Crippen LogP contribution in [0.2, 0.25) is 0 Å². The molecule has 0 fully saturated rings. The van der Waals surface area contributed by atoms with Gasteiger partial charge in [-0.25, -0.2) is 0 Å². The van der Waals surface area contributed by atoms with Crippen LogP contribution in [0.15, 0.2) is 51.7 Å². The zero-order chi connectivity index (χ0) is 25.7. The number of carbonyl (C=O) groups excluding carboxylic acids is 1. The van der Waals surface area contributed by atoms with Crippen molar-refractivity contribution < 1.29 is 18.7 Å². The highest BCUT2D eigenvalue weighted by atomic mass is 16.5. The van der Waals surface area contributed by atoms with Crippen molar-refractivity contribution in [2.24, 2.45) is 0 Å². The lowest BCUT2D eigenvalue weighted by Crippen LogP contribution is -2.37. The van der Waals surface area contributed by atoms with Crippen LogP contribution >= 0.6 is 0 Å². The Bertz CT molecular complexity index is 1260. The summed E-state index contributed by atoms with van der Waals surface area (Å²) in [6, 6.07) is 12.2. The van der Waals surface area contributed by atoms with Crippen LogP contribution in [-0.4, -0.2) is 55.1 Å². The van der Waals surface area contributed by atoms with Gasteiger partial charge >= 0.3 is 0 Å². The second-order valence-electron chi connectivity index (χ2n) is 8.94. The van der Waals surface area contributed by atoms with Crippen molar-refractivity contribution in [1.82, 2.24) is 9.80 Å². The Balaban J connectivity index is 1.82. The second kappa shape index (κ2) is 11.6. The van der Waals surface area contributed by atoms with Gasteiger partial charge in [0, 0.05) is 13.1 Å². The Kier molecular flexibility index (Phi) is 8.31. The summed E-state index contributed by atoms with van der Waals surface area (Å²) in [5.74, 6) is 1.15. The predicted molar refractivity (Wildman–Crippen MR) is 141 cm³/mol. The van der Waals surface area contributed by atoms with Crippen molar-refractivity contribution in [3.05, 3.63) is 69.6 Å². The molecule has 1 aliphatic heterocycles. The Morgan fingerprint density at radius 2 is 1.75 bits per heavy atom. The van der Waals surface area contributed by atoms with E-state index in [0.717, 1.165) is 31.5 Å². The number of ether oxygens (including phenoxy) is 2. The first kappa shape index (κ1) is 25.8. The molecule has 0 saturated carbocycles. The van der Waals surface area contributed by atoms with Crippen LogP contribution in [0.3, 0.4) is 0 Å². The van der Waals surface area contributed by atoms with Crippen LogP contribution in [-0.2, 0) is 0 Å². The summed E-state index contributed by atoms with van der Waals surface area (Å²) in [6.07, 6.45) is 1.99. The molecule has 1 aromatic heterocycles. The van der Waals surface area contributed by atoms with Gasteiger partial charge in [-0.15, -0.1) is 0 Å². The van der Waals surface area contributed by atoms with Gasteiger partial charge in [-0.2, -0.15) is 0 Å². The van der Waals surface area contributed by atoms with Crippen LogP contribution in [0, 0.1) is 0 Å². The third kappa shape index (κ3) is 4.98. The smallest absolute Gasteiger partial charge is 0.290 e. The molecule has 7 nitrogen and oxygen atoms in total. The molecule has 2 aromatic carbocycles. The van der Waals surface area contributed by atoms with Crippen molar-refractivity contribution in [1.29, 1.82) is 0 Å².